The highest BCUT2D eigenvalue weighted by molar-refractivity contribution is 7.08. The molecule has 1 aliphatic rings. The molecule has 0 saturated heterocycles. The number of fused-ring (bicyclic) bond motifs is 1. The van der Waals surface area contributed by atoms with Crippen molar-refractivity contribution in [1.29, 1.82) is 0 Å². The summed E-state index contributed by atoms with van der Waals surface area (Å²) in [6.07, 6.45) is 3.59. The number of ether oxygens (including phenoxy) is 1. The van der Waals surface area contributed by atoms with Crippen molar-refractivity contribution in [1.82, 2.24) is 5.32 Å². The van der Waals surface area contributed by atoms with Crippen molar-refractivity contribution in [2.75, 3.05) is 6.54 Å². The van der Waals surface area contributed by atoms with Crippen LogP contribution in [0.25, 0.3) is 11.1 Å². The van der Waals surface area contributed by atoms with E-state index in [9.17, 15) is 4.79 Å². The highest BCUT2D eigenvalue weighted by atomic mass is 35.5. The maximum absolute atomic E-state index is 11.7. The predicted octanol–water partition coefficient (Wildman–Crippen LogP) is 4.45. The number of halogens is 1. The van der Waals surface area contributed by atoms with Crippen molar-refractivity contribution in [2.24, 2.45) is 0 Å². The van der Waals surface area contributed by atoms with Gasteiger partial charge in [-0.3, -0.25) is 4.79 Å². The first kappa shape index (κ1) is 16.1. The molecule has 1 amide bonds. The van der Waals surface area contributed by atoms with Gasteiger partial charge in [-0.2, -0.15) is 11.3 Å². The first-order valence-corrected chi connectivity index (χ1v) is 8.88. The molecule has 0 fully saturated rings. The van der Waals surface area contributed by atoms with Crippen LogP contribution in [0.5, 0.6) is 5.75 Å². The molecule has 0 bridgehead atoms. The van der Waals surface area contributed by atoms with Crippen LogP contribution in [0.1, 0.15) is 18.4 Å². The van der Waals surface area contributed by atoms with Gasteiger partial charge in [0.15, 0.2) is 0 Å². The minimum atomic E-state index is -0.0621. The van der Waals surface area contributed by atoms with Crippen LogP contribution >= 0.6 is 22.9 Å². The molecule has 3 rings (SSSR count). The van der Waals surface area contributed by atoms with E-state index in [0.717, 1.165) is 23.3 Å². The zero-order valence-corrected chi connectivity index (χ0v) is 14.3. The number of hydrogen-bond donors (Lipinski definition) is 1. The lowest BCUT2D eigenvalue weighted by molar-refractivity contribution is -0.121. The van der Waals surface area contributed by atoms with Gasteiger partial charge >= 0.3 is 0 Å². The molecule has 3 nitrogen and oxygen atoms in total. The standard InChI is InChI=1S/C18H18ClNO2S/c1-2-3-4-17(21)20-10-15-8-14-7-13(12-5-6-23-11-12)9-16(19)18(14)22-15/h2,5-7,9,11,15H,1,3-4,8,10H2,(H,20,21)/t15-/m1/s1. The van der Waals surface area contributed by atoms with Gasteiger partial charge in [0.05, 0.1) is 11.6 Å². The molecule has 0 spiro atoms. The minimum absolute atomic E-state index is 0.0227. The second-order valence-electron chi connectivity index (χ2n) is 5.53. The number of allylic oxidation sites excluding steroid dienone is 1. The number of carbonyl (C=O) groups excluding carboxylic acids is 1. The monoisotopic (exact) mass is 347 g/mol. The van der Waals surface area contributed by atoms with Crippen LogP contribution in [0.2, 0.25) is 5.02 Å². The van der Waals surface area contributed by atoms with Crippen molar-refractivity contribution < 1.29 is 9.53 Å². The summed E-state index contributed by atoms with van der Waals surface area (Å²) in [4.78, 5) is 11.7. The van der Waals surface area contributed by atoms with Crippen molar-refractivity contribution in [2.45, 2.75) is 25.4 Å². The van der Waals surface area contributed by atoms with Gasteiger partial charge in [0.2, 0.25) is 5.91 Å². The van der Waals surface area contributed by atoms with E-state index in [-0.39, 0.29) is 12.0 Å². The first-order chi connectivity index (χ1) is 11.2. The third kappa shape index (κ3) is 3.77. The van der Waals surface area contributed by atoms with Crippen LogP contribution in [0.3, 0.4) is 0 Å². The number of amides is 1. The molecule has 1 atom stereocenters. The number of benzene rings is 1. The lowest BCUT2D eigenvalue weighted by atomic mass is 10.0. The summed E-state index contributed by atoms with van der Waals surface area (Å²) in [5.74, 6) is 0.769. The average Bonchev–Trinajstić information content (AvgIpc) is 3.20. The van der Waals surface area contributed by atoms with E-state index in [2.05, 4.69) is 34.8 Å². The molecule has 1 N–H and O–H groups in total. The summed E-state index contributed by atoms with van der Waals surface area (Å²) >= 11 is 8.03. The Hall–Kier alpha value is -1.78. The van der Waals surface area contributed by atoms with Gasteiger partial charge < -0.3 is 10.1 Å². The maximum atomic E-state index is 11.7. The quantitative estimate of drug-likeness (QED) is 0.784. The van der Waals surface area contributed by atoms with E-state index >= 15 is 0 Å². The molecule has 1 aliphatic heterocycles. The van der Waals surface area contributed by atoms with Crippen molar-refractivity contribution in [3.8, 4) is 16.9 Å². The molecule has 1 aromatic carbocycles. The number of nitrogens with one attached hydrogen (secondary N) is 1. The summed E-state index contributed by atoms with van der Waals surface area (Å²) in [7, 11) is 0. The zero-order chi connectivity index (χ0) is 16.2. The number of thiophene rings is 1. The smallest absolute Gasteiger partial charge is 0.220 e. The van der Waals surface area contributed by atoms with Gasteiger partial charge in [0, 0.05) is 18.4 Å². The van der Waals surface area contributed by atoms with Crippen LogP contribution in [0, 0.1) is 0 Å². The van der Waals surface area contributed by atoms with Gasteiger partial charge in [-0.05, 0) is 46.5 Å². The Balaban J connectivity index is 1.65. The molecule has 1 aromatic heterocycles. The Bertz CT molecular complexity index is 712. The summed E-state index contributed by atoms with van der Waals surface area (Å²) in [6.45, 7) is 4.11. The van der Waals surface area contributed by atoms with Crippen LogP contribution in [-0.4, -0.2) is 18.6 Å². The number of hydrogen-bond acceptors (Lipinski definition) is 3. The van der Waals surface area contributed by atoms with Crippen LogP contribution in [0.4, 0.5) is 0 Å². The van der Waals surface area contributed by atoms with Gasteiger partial charge in [-0.25, -0.2) is 0 Å². The van der Waals surface area contributed by atoms with E-state index in [0.29, 0.717) is 24.4 Å². The zero-order valence-electron chi connectivity index (χ0n) is 12.7. The number of carbonyl (C=O) groups is 1. The molecular weight excluding hydrogens is 330 g/mol. The van der Waals surface area contributed by atoms with Crippen molar-refractivity contribution in [3.63, 3.8) is 0 Å². The molecule has 0 aliphatic carbocycles. The molecule has 23 heavy (non-hydrogen) atoms. The third-order valence-corrected chi connectivity index (χ3v) is 4.77. The highest BCUT2D eigenvalue weighted by Gasteiger charge is 2.26. The van der Waals surface area contributed by atoms with E-state index in [4.69, 9.17) is 16.3 Å². The van der Waals surface area contributed by atoms with E-state index < -0.39 is 0 Å². The fraction of sp³-hybridized carbons (Fsp3) is 0.278. The summed E-state index contributed by atoms with van der Waals surface area (Å²) in [5, 5.41) is 7.68. The van der Waals surface area contributed by atoms with E-state index in [1.54, 1.807) is 17.4 Å². The van der Waals surface area contributed by atoms with Crippen LogP contribution < -0.4 is 10.1 Å². The molecule has 5 heteroatoms. The lowest BCUT2D eigenvalue weighted by Crippen LogP contribution is -2.34. The van der Waals surface area contributed by atoms with Gasteiger partial charge in [-0.15, -0.1) is 6.58 Å². The molecule has 2 aromatic rings. The largest absolute Gasteiger partial charge is 0.486 e. The molecule has 2 heterocycles. The first-order valence-electron chi connectivity index (χ1n) is 7.56. The molecule has 120 valence electrons. The van der Waals surface area contributed by atoms with Crippen LogP contribution in [-0.2, 0) is 11.2 Å². The Kier molecular flexibility index (Phi) is 5.03. The average molecular weight is 348 g/mol. The van der Waals surface area contributed by atoms with Gasteiger partial charge in [-0.1, -0.05) is 17.7 Å². The highest BCUT2D eigenvalue weighted by Crippen LogP contribution is 2.39. The number of rotatable bonds is 6. The Morgan fingerprint density at radius 3 is 3.09 bits per heavy atom. The molecule has 0 unspecified atom stereocenters. The Morgan fingerprint density at radius 2 is 2.35 bits per heavy atom. The van der Waals surface area contributed by atoms with Crippen molar-refractivity contribution in [3.05, 3.63) is 52.2 Å². The second-order valence-corrected chi connectivity index (χ2v) is 6.72. The second kappa shape index (κ2) is 7.20. The maximum Gasteiger partial charge on any atom is 0.220 e. The molecule has 0 saturated carbocycles. The summed E-state index contributed by atoms with van der Waals surface area (Å²) in [5.41, 5.74) is 3.37. The Morgan fingerprint density at radius 1 is 1.48 bits per heavy atom. The van der Waals surface area contributed by atoms with E-state index in [1.807, 2.05) is 6.07 Å². The SMILES string of the molecule is C=CCCC(=O)NC[C@H]1Cc2cc(-c3ccsc3)cc(Cl)c2O1. The predicted molar refractivity (Wildman–Crippen MR) is 95.3 cm³/mol. The van der Waals surface area contributed by atoms with Crippen molar-refractivity contribution >= 4 is 28.8 Å². The minimum Gasteiger partial charge on any atom is -0.486 e. The normalized spacial score (nSPS) is 15.8. The molecule has 0 radical (unpaired) electrons. The summed E-state index contributed by atoms with van der Waals surface area (Å²) in [6, 6.07) is 6.14. The van der Waals surface area contributed by atoms with Crippen LogP contribution in [0.15, 0.2) is 41.6 Å². The topological polar surface area (TPSA) is 38.3 Å². The summed E-state index contributed by atoms with van der Waals surface area (Å²) < 4.78 is 5.90. The molecular formula is C18H18ClNO2S. The van der Waals surface area contributed by atoms with Gasteiger partial charge in [0.25, 0.3) is 0 Å². The van der Waals surface area contributed by atoms with Gasteiger partial charge in [0.1, 0.15) is 11.9 Å². The Labute approximate surface area is 144 Å². The van der Waals surface area contributed by atoms with E-state index in [1.165, 1.54) is 5.56 Å². The fourth-order valence-electron chi connectivity index (χ4n) is 2.65. The third-order valence-electron chi connectivity index (χ3n) is 3.81. The lowest BCUT2D eigenvalue weighted by Gasteiger charge is -2.12. The fourth-order valence-corrected chi connectivity index (χ4v) is 3.59.